The fourth-order valence-electron chi connectivity index (χ4n) is 2.28. The molecule has 0 aliphatic rings. The third kappa shape index (κ3) is 1.90. The van der Waals surface area contributed by atoms with Gasteiger partial charge in [-0.15, -0.1) is 0 Å². The molecule has 19 heavy (non-hydrogen) atoms. The molecule has 0 radical (unpaired) electrons. The van der Waals surface area contributed by atoms with Crippen LogP contribution in [0.2, 0.25) is 10.0 Å². The highest BCUT2D eigenvalue weighted by atomic mass is 35.5. The normalized spacial score (nSPS) is 11.2. The molecule has 3 aromatic rings. The summed E-state index contributed by atoms with van der Waals surface area (Å²) in [7, 11) is 1.94. The average molecular weight is 292 g/mol. The van der Waals surface area contributed by atoms with Gasteiger partial charge in [0.2, 0.25) is 0 Å². The first-order valence-corrected chi connectivity index (χ1v) is 6.57. The molecule has 0 spiro atoms. The Morgan fingerprint density at radius 1 is 1.11 bits per heavy atom. The molecule has 2 heterocycles. The maximum absolute atomic E-state index is 6.25. The lowest BCUT2D eigenvalue weighted by Crippen LogP contribution is -1.95. The molecule has 3 nitrogen and oxygen atoms in total. The van der Waals surface area contributed by atoms with Crippen molar-refractivity contribution in [2.75, 3.05) is 0 Å². The molecule has 0 atom stereocenters. The van der Waals surface area contributed by atoms with Gasteiger partial charge in [0.1, 0.15) is 5.82 Å². The van der Waals surface area contributed by atoms with Gasteiger partial charge in [-0.2, -0.15) is 0 Å². The lowest BCUT2D eigenvalue weighted by Gasteiger charge is -2.07. The van der Waals surface area contributed by atoms with Gasteiger partial charge in [-0.1, -0.05) is 29.3 Å². The molecule has 96 valence electrons. The molecule has 0 amide bonds. The van der Waals surface area contributed by atoms with Crippen LogP contribution in [0.1, 0.15) is 5.69 Å². The first-order valence-electron chi connectivity index (χ1n) is 5.82. The van der Waals surface area contributed by atoms with Gasteiger partial charge in [-0.05, 0) is 25.1 Å². The number of benzene rings is 1. The fraction of sp³-hybridized carbons (Fsp3) is 0.143. The van der Waals surface area contributed by atoms with E-state index in [0.29, 0.717) is 10.0 Å². The minimum absolute atomic E-state index is 0.594. The van der Waals surface area contributed by atoms with Gasteiger partial charge in [-0.25, -0.2) is 4.98 Å². The third-order valence-corrected chi connectivity index (χ3v) is 3.78. The van der Waals surface area contributed by atoms with Gasteiger partial charge in [-0.3, -0.25) is 4.98 Å². The van der Waals surface area contributed by atoms with E-state index in [1.165, 1.54) is 0 Å². The van der Waals surface area contributed by atoms with Crippen molar-refractivity contribution in [2.45, 2.75) is 6.92 Å². The predicted molar refractivity (Wildman–Crippen MR) is 78.7 cm³/mol. The number of aromatic nitrogens is 3. The average Bonchev–Trinajstić information content (AvgIpc) is 2.68. The molecule has 5 heteroatoms. The van der Waals surface area contributed by atoms with Gasteiger partial charge in [0.25, 0.3) is 0 Å². The Bertz CT molecular complexity index is 757. The van der Waals surface area contributed by atoms with E-state index in [-0.39, 0.29) is 0 Å². The Kier molecular flexibility index (Phi) is 2.96. The summed E-state index contributed by atoms with van der Waals surface area (Å²) in [5.41, 5.74) is 3.57. The molecule has 1 aromatic carbocycles. The topological polar surface area (TPSA) is 30.7 Å². The molecule has 0 bridgehead atoms. The Morgan fingerprint density at radius 2 is 1.79 bits per heavy atom. The van der Waals surface area contributed by atoms with Crippen LogP contribution in [0.3, 0.4) is 0 Å². The second kappa shape index (κ2) is 4.51. The van der Waals surface area contributed by atoms with Crippen molar-refractivity contribution in [2.24, 2.45) is 7.05 Å². The number of nitrogens with zero attached hydrogens (tertiary/aromatic N) is 3. The summed E-state index contributed by atoms with van der Waals surface area (Å²) >= 11 is 12.5. The van der Waals surface area contributed by atoms with E-state index < -0.39 is 0 Å². The number of imidazole rings is 1. The molecule has 3 rings (SSSR count). The molecule has 0 unspecified atom stereocenters. The molecule has 0 N–H and O–H groups in total. The van der Waals surface area contributed by atoms with Crippen LogP contribution < -0.4 is 0 Å². The first kappa shape index (κ1) is 12.5. The Balaban J connectivity index is 2.38. The minimum atomic E-state index is 0.594. The van der Waals surface area contributed by atoms with E-state index >= 15 is 0 Å². The highest BCUT2D eigenvalue weighted by Crippen LogP contribution is 2.35. The molecule has 0 fully saturated rings. The maximum Gasteiger partial charge on any atom is 0.143 e. The monoisotopic (exact) mass is 291 g/mol. The summed E-state index contributed by atoms with van der Waals surface area (Å²) in [5.74, 6) is 0.752. The van der Waals surface area contributed by atoms with Crippen molar-refractivity contribution in [3.05, 3.63) is 46.2 Å². The zero-order valence-corrected chi connectivity index (χ0v) is 12.0. The highest BCUT2D eigenvalue weighted by Gasteiger charge is 2.16. The number of fused-ring (bicyclic) bond motifs is 1. The molecule has 2 aromatic heterocycles. The molecular weight excluding hydrogens is 281 g/mol. The summed E-state index contributed by atoms with van der Waals surface area (Å²) in [6, 6.07) is 7.33. The van der Waals surface area contributed by atoms with E-state index in [2.05, 4.69) is 9.97 Å². The number of rotatable bonds is 1. The van der Waals surface area contributed by atoms with Crippen molar-refractivity contribution in [1.29, 1.82) is 0 Å². The maximum atomic E-state index is 6.25. The van der Waals surface area contributed by atoms with Crippen LogP contribution in [-0.2, 0) is 7.05 Å². The number of halogens is 2. The lowest BCUT2D eigenvalue weighted by atomic mass is 10.2. The smallest absolute Gasteiger partial charge is 0.143 e. The van der Waals surface area contributed by atoms with Crippen molar-refractivity contribution in [1.82, 2.24) is 14.5 Å². The van der Waals surface area contributed by atoms with E-state index in [4.69, 9.17) is 23.2 Å². The van der Waals surface area contributed by atoms with Crippen LogP contribution >= 0.6 is 23.2 Å². The quantitative estimate of drug-likeness (QED) is 0.671. The van der Waals surface area contributed by atoms with Crippen LogP contribution in [0.5, 0.6) is 0 Å². The predicted octanol–water partition coefficient (Wildman–Crippen LogP) is 4.25. The standard InChI is InChI=1S/C14H11Cl2N3/c1-8-13-11(6-7-17-8)18-14(19(13)2)12-9(15)4-3-5-10(12)16/h3-7H,1-2H3. The third-order valence-electron chi connectivity index (χ3n) is 3.15. The molecular formula is C14H11Cl2N3. The van der Waals surface area contributed by atoms with Crippen molar-refractivity contribution < 1.29 is 0 Å². The van der Waals surface area contributed by atoms with Crippen molar-refractivity contribution in [3.63, 3.8) is 0 Å². The van der Waals surface area contributed by atoms with Crippen LogP contribution in [-0.4, -0.2) is 14.5 Å². The van der Waals surface area contributed by atoms with Crippen LogP contribution in [0.25, 0.3) is 22.4 Å². The van der Waals surface area contributed by atoms with E-state index in [9.17, 15) is 0 Å². The van der Waals surface area contributed by atoms with Crippen LogP contribution in [0.4, 0.5) is 0 Å². The highest BCUT2D eigenvalue weighted by molar-refractivity contribution is 6.39. The SMILES string of the molecule is Cc1nccc2nc(-c3c(Cl)cccc3Cl)n(C)c12. The summed E-state index contributed by atoms with van der Waals surface area (Å²) in [6.45, 7) is 1.96. The second-order valence-corrected chi connectivity index (χ2v) is 5.17. The number of pyridine rings is 1. The van der Waals surface area contributed by atoms with E-state index in [0.717, 1.165) is 28.1 Å². The molecule has 0 aliphatic carbocycles. The van der Waals surface area contributed by atoms with E-state index in [1.54, 1.807) is 6.20 Å². The number of aryl methyl sites for hydroxylation is 2. The van der Waals surface area contributed by atoms with Crippen molar-refractivity contribution >= 4 is 34.2 Å². The first-order chi connectivity index (χ1) is 9.09. The number of hydrogen-bond acceptors (Lipinski definition) is 2. The molecule has 0 saturated carbocycles. The van der Waals surface area contributed by atoms with Gasteiger partial charge < -0.3 is 4.57 Å². The zero-order chi connectivity index (χ0) is 13.6. The van der Waals surface area contributed by atoms with Gasteiger partial charge in [0.15, 0.2) is 0 Å². The fourth-order valence-corrected chi connectivity index (χ4v) is 2.85. The van der Waals surface area contributed by atoms with Gasteiger partial charge >= 0.3 is 0 Å². The summed E-state index contributed by atoms with van der Waals surface area (Å²) in [5, 5.41) is 1.19. The minimum Gasteiger partial charge on any atom is -0.326 e. The Labute approximate surface area is 120 Å². The van der Waals surface area contributed by atoms with E-state index in [1.807, 2.05) is 42.8 Å². The second-order valence-electron chi connectivity index (χ2n) is 4.36. The Morgan fingerprint density at radius 3 is 2.42 bits per heavy atom. The van der Waals surface area contributed by atoms with Gasteiger partial charge in [0.05, 0.1) is 32.3 Å². The summed E-state index contributed by atoms with van der Waals surface area (Å²) < 4.78 is 1.98. The van der Waals surface area contributed by atoms with Crippen LogP contribution in [0.15, 0.2) is 30.5 Å². The Hall–Kier alpha value is -1.58. The number of hydrogen-bond donors (Lipinski definition) is 0. The zero-order valence-electron chi connectivity index (χ0n) is 10.5. The van der Waals surface area contributed by atoms with Crippen molar-refractivity contribution in [3.8, 4) is 11.4 Å². The summed E-state index contributed by atoms with van der Waals surface area (Å²) in [6.07, 6.45) is 1.75. The lowest BCUT2D eigenvalue weighted by molar-refractivity contribution is 0.949. The molecule has 0 saturated heterocycles. The van der Waals surface area contributed by atoms with Gasteiger partial charge in [0, 0.05) is 13.2 Å². The summed E-state index contributed by atoms with van der Waals surface area (Å²) in [4.78, 5) is 8.91. The van der Waals surface area contributed by atoms with Crippen LogP contribution in [0, 0.1) is 6.92 Å². The largest absolute Gasteiger partial charge is 0.326 e. The molecule has 0 aliphatic heterocycles.